The van der Waals surface area contributed by atoms with Gasteiger partial charge in [0.1, 0.15) is 24.7 Å². The van der Waals surface area contributed by atoms with Gasteiger partial charge < -0.3 is 35.8 Å². The number of ether oxygens (including phenoxy) is 1. The molecule has 0 radical (unpaired) electrons. The second-order valence-electron chi connectivity index (χ2n) is 11.4. The summed E-state index contributed by atoms with van der Waals surface area (Å²) in [6, 6.07) is 3.59. The third-order valence-corrected chi connectivity index (χ3v) is 7.14. The van der Waals surface area contributed by atoms with Crippen LogP contribution in [0.25, 0.3) is 0 Å². The zero-order valence-electron chi connectivity index (χ0n) is 24.8. The maximum absolute atomic E-state index is 13.6. The van der Waals surface area contributed by atoms with E-state index in [-0.39, 0.29) is 19.6 Å². The third-order valence-electron chi connectivity index (χ3n) is 6.49. The fourth-order valence-electron chi connectivity index (χ4n) is 4.14. The van der Waals surface area contributed by atoms with Crippen LogP contribution in [0.4, 0.5) is 4.79 Å². The quantitative estimate of drug-likeness (QED) is 0.187. The number of carbonyl (C=O) groups excluding carboxylic acids is 4. The summed E-state index contributed by atoms with van der Waals surface area (Å²) < 4.78 is 28.0. The van der Waals surface area contributed by atoms with Crippen molar-refractivity contribution in [1.82, 2.24) is 20.9 Å². The van der Waals surface area contributed by atoms with E-state index in [2.05, 4.69) is 16.0 Å². The van der Waals surface area contributed by atoms with Crippen LogP contribution in [0.2, 0.25) is 0 Å². The summed E-state index contributed by atoms with van der Waals surface area (Å²) in [6.07, 6.45) is -0.308. The predicted octanol–water partition coefficient (Wildman–Crippen LogP) is 0.406. The summed E-state index contributed by atoms with van der Waals surface area (Å²) in [7, 11) is -3.60. The number of sulfone groups is 1. The van der Waals surface area contributed by atoms with E-state index in [0.717, 1.165) is 17.7 Å². The fraction of sp³-hybridized carbons (Fsp3) is 0.500. The Balaban J connectivity index is 2.15. The first-order chi connectivity index (χ1) is 20.4. The van der Waals surface area contributed by atoms with Crippen molar-refractivity contribution in [2.75, 3.05) is 12.8 Å². The molecule has 1 aliphatic rings. The van der Waals surface area contributed by atoms with E-state index >= 15 is 0 Å². The Morgan fingerprint density at radius 1 is 1.00 bits per heavy atom. The molecule has 1 aromatic carbocycles. The molecule has 2 rings (SSSR count). The maximum atomic E-state index is 13.6. The highest BCUT2D eigenvalue weighted by Gasteiger charge is 2.45. The smallest absolute Gasteiger partial charge is 0.408 e. The highest BCUT2D eigenvalue weighted by atomic mass is 32.2. The number of nitrogens with one attached hydrogen (secondary N) is 3. The van der Waals surface area contributed by atoms with Crippen LogP contribution in [0.15, 0.2) is 41.8 Å². The SMILES string of the molecule is CC(C)(C)[C@@H](NC(=O)[C@H](CC(=O)O)NC(=O)OCc1ccccc1)C(=O)N1CC[C@@H]1C(=O)N[C@H](/C=C/S(C)(=O)=O)CC(=O)O. The summed E-state index contributed by atoms with van der Waals surface area (Å²) >= 11 is 0. The predicted molar refractivity (Wildman–Crippen MR) is 155 cm³/mol. The second kappa shape index (κ2) is 15.3. The molecule has 16 heteroatoms. The Labute approximate surface area is 254 Å². The van der Waals surface area contributed by atoms with Crippen molar-refractivity contribution < 1.29 is 52.1 Å². The van der Waals surface area contributed by atoms with Crippen molar-refractivity contribution >= 4 is 45.6 Å². The minimum atomic E-state index is -3.60. The molecule has 0 aliphatic carbocycles. The number of rotatable bonds is 14. The Hall–Kier alpha value is -4.47. The van der Waals surface area contributed by atoms with Gasteiger partial charge in [-0.3, -0.25) is 24.0 Å². The molecule has 44 heavy (non-hydrogen) atoms. The monoisotopic (exact) mass is 638 g/mol. The number of alkyl carbamates (subject to hydrolysis) is 1. The van der Waals surface area contributed by atoms with Crippen molar-refractivity contribution in [2.45, 2.75) is 70.8 Å². The molecule has 1 aliphatic heterocycles. The van der Waals surface area contributed by atoms with Crippen LogP contribution in [0.3, 0.4) is 0 Å². The van der Waals surface area contributed by atoms with Crippen molar-refractivity contribution in [3.63, 3.8) is 0 Å². The number of carbonyl (C=O) groups is 6. The standard InChI is InChI=1S/C28H38N4O11S/c1-28(2,3)23(31-24(37)19(15-22(35)36)30-27(40)43-16-17-8-6-5-7-9-17)26(39)32-12-10-20(32)25(38)29-18(14-21(33)34)11-13-44(4,41)42/h5-9,11,13,18-20,23H,10,12,14-16H2,1-4H3,(H,29,38)(H,30,40)(H,31,37)(H,33,34)(H,35,36)/b13-11+/t18-,19+,20-,23+/m1/s1. The molecule has 1 heterocycles. The molecular formula is C28H38N4O11S. The molecule has 0 spiro atoms. The molecule has 242 valence electrons. The van der Waals surface area contributed by atoms with Gasteiger partial charge in [0, 0.05) is 18.2 Å². The number of benzene rings is 1. The second-order valence-corrected chi connectivity index (χ2v) is 13.3. The van der Waals surface area contributed by atoms with Crippen molar-refractivity contribution in [2.24, 2.45) is 5.41 Å². The summed E-state index contributed by atoms with van der Waals surface area (Å²) in [5.74, 6) is -5.04. The van der Waals surface area contributed by atoms with E-state index in [0.29, 0.717) is 5.56 Å². The van der Waals surface area contributed by atoms with Crippen LogP contribution >= 0.6 is 0 Å². The van der Waals surface area contributed by atoms with Gasteiger partial charge in [0.25, 0.3) is 0 Å². The Morgan fingerprint density at radius 3 is 2.11 bits per heavy atom. The number of hydrogen-bond donors (Lipinski definition) is 5. The molecular weight excluding hydrogens is 600 g/mol. The number of amides is 4. The first kappa shape index (κ1) is 35.7. The van der Waals surface area contributed by atoms with Crippen LogP contribution < -0.4 is 16.0 Å². The van der Waals surface area contributed by atoms with Gasteiger partial charge in [0.15, 0.2) is 9.84 Å². The minimum Gasteiger partial charge on any atom is -0.481 e. The molecule has 0 saturated carbocycles. The van der Waals surface area contributed by atoms with Gasteiger partial charge in [-0.05, 0) is 17.4 Å². The van der Waals surface area contributed by atoms with E-state index in [1.165, 1.54) is 4.90 Å². The molecule has 4 atom stereocenters. The minimum absolute atomic E-state index is 0.130. The van der Waals surface area contributed by atoms with Gasteiger partial charge in [0.2, 0.25) is 17.7 Å². The first-order valence-electron chi connectivity index (χ1n) is 13.6. The van der Waals surface area contributed by atoms with Crippen LogP contribution in [-0.2, 0) is 45.2 Å². The molecule has 4 amide bonds. The molecule has 1 fully saturated rings. The van der Waals surface area contributed by atoms with E-state index in [9.17, 15) is 42.3 Å². The molecule has 0 bridgehead atoms. The molecule has 0 aromatic heterocycles. The average molecular weight is 639 g/mol. The number of nitrogens with zero attached hydrogens (tertiary/aromatic N) is 1. The lowest BCUT2D eigenvalue weighted by molar-refractivity contribution is -0.152. The Bertz CT molecular complexity index is 1370. The molecule has 15 nitrogen and oxygen atoms in total. The lowest BCUT2D eigenvalue weighted by atomic mass is 9.84. The molecule has 5 N–H and O–H groups in total. The van der Waals surface area contributed by atoms with Crippen molar-refractivity contribution in [3.05, 3.63) is 47.4 Å². The van der Waals surface area contributed by atoms with Gasteiger partial charge in [-0.1, -0.05) is 57.2 Å². The van der Waals surface area contributed by atoms with Crippen molar-refractivity contribution in [1.29, 1.82) is 0 Å². The summed E-state index contributed by atoms with van der Waals surface area (Å²) in [4.78, 5) is 76.0. The van der Waals surface area contributed by atoms with Gasteiger partial charge in [-0.25, -0.2) is 13.2 Å². The number of aliphatic carboxylic acids is 2. The normalized spacial score (nSPS) is 17.0. The van der Waals surface area contributed by atoms with Gasteiger partial charge in [-0.15, -0.1) is 0 Å². The van der Waals surface area contributed by atoms with E-state index in [4.69, 9.17) is 9.84 Å². The summed E-state index contributed by atoms with van der Waals surface area (Å²) in [6.45, 7) is 4.91. The first-order valence-corrected chi connectivity index (χ1v) is 15.5. The van der Waals surface area contributed by atoms with E-state index in [1.54, 1.807) is 51.1 Å². The van der Waals surface area contributed by atoms with Crippen LogP contribution in [0.1, 0.15) is 45.6 Å². The topological polar surface area (TPSA) is 226 Å². The summed E-state index contributed by atoms with van der Waals surface area (Å²) in [5.41, 5.74) is -0.274. The van der Waals surface area contributed by atoms with E-state index in [1.807, 2.05) is 0 Å². The third kappa shape index (κ3) is 11.7. The van der Waals surface area contributed by atoms with Gasteiger partial charge >= 0.3 is 18.0 Å². The number of carboxylic acids is 2. The molecule has 1 aromatic rings. The average Bonchev–Trinajstić information content (AvgIpc) is 2.86. The lowest BCUT2D eigenvalue weighted by Crippen LogP contribution is -2.66. The summed E-state index contributed by atoms with van der Waals surface area (Å²) in [5, 5.41) is 26.4. The Kier molecular flexibility index (Phi) is 12.4. The van der Waals surface area contributed by atoms with Crippen LogP contribution in [0, 0.1) is 5.41 Å². The highest BCUT2D eigenvalue weighted by Crippen LogP contribution is 2.27. The largest absolute Gasteiger partial charge is 0.481 e. The Morgan fingerprint density at radius 2 is 1.61 bits per heavy atom. The number of likely N-dealkylation sites (tertiary alicyclic amines) is 1. The van der Waals surface area contributed by atoms with Crippen LogP contribution in [0.5, 0.6) is 0 Å². The van der Waals surface area contributed by atoms with Gasteiger partial charge in [-0.2, -0.15) is 0 Å². The zero-order chi connectivity index (χ0) is 33.2. The molecule has 1 saturated heterocycles. The molecule has 0 unspecified atom stereocenters. The fourth-order valence-corrected chi connectivity index (χ4v) is 4.62. The van der Waals surface area contributed by atoms with Crippen LogP contribution in [-0.4, -0.2) is 96.3 Å². The lowest BCUT2D eigenvalue weighted by Gasteiger charge is -2.44. The van der Waals surface area contributed by atoms with Crippen molar-refractivity contribution in [3.8, 4) is 0 Å². The number of hydrogen-bond acceptors (Lipinski definition) is 9. The van der Waals surface area contributed by atoms with E-state index < -0.39 is 88.0 Å². The zero-order valence-corrected chi connectivity index (χ0v) is 25.6. The van der Waals surface area contributed by atoms with Gasteiger partial charge in [0.05, 0.1) is 18.9 Å². The number of carboxylic acid groups (broad SMARTS) is 2. The highest BCUT2D eigenvalue weighted by molar-refractivity contribution is 7.93. The maximum Gasteiger partial charge on any atom is 0.408 e.